The van der Waals surface area contributed by atoms with Crippen molar-refractivity contribution in [3.8, 4) is 0 Å². The van der Waals surface area contributed by atoms with E-state index in [1.165, 1.54) is 17.0 Å². The largest absolute Gasteiger partial charge is 0.391 e. The predicted molar refractivity (Wildman–Crippen MR) is 109 cm³/mol. The lowest BCUT2D eigenvalue weighted by Gasteiger charge is -2.35. The Bertz CT molecular complexity index is 1070. The summed E-state index contributed by atoms with van der Waals surface area (Å²) in [7, 11) is 0. The molecule has 2 atom stereocenters. The molecule has 0 unspecified atom stereocenters. The fourth-order valence-corrected chi connectivity index (χ4v) is 3.96. The first-order chi connectivity index (χ1) is 15.0. The number of anilines is 3. The Balaban J connectivity index is 1.63. The van der Waals surface area contributed by atoms with Crippen LogP contribution in [-0.4, -0.2) is 47.1 Å². The number of nitrogens with one attached hydrogen (secondary N) is 1. The summed E-state index contributed by atoms with van der Waals surface area (Å²) in [5, 5.41) is 2.65. The van der Waals surface area contributed by atoms with Crippen LogP contribution in [0.1, 0.15) is 35.8 Å². The lowest BCUT2D eigenvalue weighted by molar-refractivity contribution is -0.168. The van der Waals surface area contributed by atoms with Crippen LogP contribution in [0.5, 0.6) is 0 Å². The third-order valence-corrected chi connectivity index (χ3v) is 5.78. The van der Waals surface area contributed by atoms with Crippen molar-refractivity contribution < 1.29 is 27.2 Å². The number of urea groups is 1. The second-order valence-corrected chi connectivity index (χ2v) is 8.12. The molecule has 2 amide bonds. The summed E-state index contributed by atoms with van der Waals surface area (Å²) in [4.78, 5) is 37.2. The molecule has 2 aliphatic rings. The van der Waals surface area contributed by atoms with Crippen LogP contribution in [0.15, 0.2) is 24.4 Å². The average Bonchev–Trinajstić information content (AvgIpc) is 3.13. The number of carbonyl (C=O) groups is 2. The number of halogens is 4. The van der Waals surface area contributed by atoms with Gasteiger partial charge >= 0.3 is 12.2 Å². The van der Waals surface area contributed by atoms with E-state index in [0.717, 1.165) is 13.1 Å². The summed E-state index contributed by atoms with van der Waals surface area (Å²) in [6.45, 7) is 3.79. The van der Waals surface area contributed by atoms with Crippen molar-refractivity contribution in [2.75, 3.05) is 28.2 Å². The summed E-state index contributed by atoms with van der Waals surface area (Å²) in [5.74, 6) is -2.69. The van der Waals surface area contributed by atoms with Gasteiger partial charge in [0.15, 0.2) is 11.6 Å². The van der Waals surface area contributed by atoms with Crippen molar-refractivity contribution in [3.05, 3.63) is 41.5 Å². The number of fused-ring (bicyclic) bond motifs is 4. The van der Waals surface area contributed by atoms with Gasteiger partial charge in [0.05, 0.1) is 23.8 Å². The van der Waals surface area contributed by atoms with E-state index in [9.17, 15) is 27.2 Å². The third-order valence-electron chi connectivity index (χ3n) is 5.78. The SMILES string of the molecule is Cc1cc(F)cnc1NC(=O)N1c2nc(C(=O)C[C@H](C)C(F)(F)F)ccc2N2CC[C@H]1C2. The van der Waals surface area contributed by atoms with E-state index in [-0.39, 0.29) is 23.4 Å². The van der Waals surface area contributed by atoms with Crippen LogP contribution in [-0.2, 0) is 0 Å². The number of ketones is 1. The minimum atomic E-state index is -4.49. The Morgan fingerprint density at radius 3 is 2.75 bits per heavy atom. The first-order valence-electron chi connectivity index (χ1n) is 10.1. The summed E-state index contributed by atoms with van der Waals surface area (Å²) in [6, 6.07) is 3.46. The van der Waals surface area contributed by atoms with Gasteiger partial charge < -0.3 is 4.90 Å². The van der Waals surface area contributed by atoms with E-state index in [4.69, 9.17) is 0 Å². The van der Waals surface area contributed by atoms with Crippen molar-refractivity contribution in [3.63, 3.8) is 0 Å². The minimum Gasteiger partial charge on any atom is -0.366 e. The highest BCUT2D eigenvalue weighted by Crippen LogP contribution is 2.39. The van der Waals surface area contributed by atoms with Gasteiger partial charge in [-0.3, -0.25) is 15.0 Å². The fraction of sp³-hybridized carbons (Fsp3) is 0.429. The standard InChI is InChI=1S/C21H21F4N5O2/c1-11-7-13(22)9-26-18(11)28-20(32)30-14-5-6-29(10-14)16-4-3-15(27-19(16)30)17(31)8-12(2)21(23,24)25/h3-4,7,9,12,14H,5-6,8,10H2,1-2H3,(H,26,28,32)/t12-,14-/m0/s1. The van der Waals surface area contributed by atoms with Crippen molar-refractivity contribution in [2.45, 2.75) is 38.9 Å². The van der Waals surface area contributed by atoms with E-state index < -0.39 is 36.1 Å². The molecule has 1 N–H and O–H groups in total. The lowest BCUT2D eigenvalue weighted by Crippen LogP contribution is -2.48. The quantitative estimate of drug-likeness (QED) is 0.553. The number of aryl methyl sites for hydroxylation is 1. The van der Waals surface area contributed by atoms with Crippen molar-refractivity contribution in [1.29, 1.82) is 0 Å². The normalized spacial score (nSPS) is 18.4. The molecule has 1 saturated heterocycles. The van der Waals surface area contributed by atoms with Gasteiger partial charge in [0.1, 0.15) is 17.3 Å². The Labute approximate surface area is 181 Å². The van der Waals surface area contributed by atoms with E-state index >= 15 is 0 Å². The highest BCUT2D eigenvalue weighted by atomic mass is 19.4. The first-order valence-corrected chi connectivity index (χ1v) is 10.1. The topological polar surface area (TPSA) is 78.4 Å². The van der Waals surface area contributed by atoms with Crippen molar-refractivity contribution in [2.24, 2.45) is 5.92 Å². The number of Topliss-reactive ketones (excluding diaryl/α,β-unsaturated/α-hetero) is 1. The molecule has 0 spiro atoms. The molecule has 32 heavy (non-hydrogen) atoms. The van der Waals surface area contributed by atoms with E-state index in [0.29, 0.717) is 30.8 Å². The van der Waals surface area contributed by atoms with Gasteiger partial charge in [-0.2, -0.15) is 13.2 Å². The zero-order valence-electron chi connectivity index (χ0n) is 17.4. The van der Waals surface area contributed by atoms with E-state index in [1.807, 2.05) is 4.90 Å². The van der Waals surface area contributed by atoms with Gasteiger partial charge in [0.2, 0.25) is 0 Å². The van der Waals surface area contributed by atoms with E-state index in [2.05, 4.69) is 15.3 Å². The maximum atomic E-state index is 13.3. The van der Waals surface area contributed by atoms with Crippen LogP contribution in [0.25, 0.3) is 0 Å². The van der Waals surface area contributed by atoms with Crippen molar-refractivity contribution in [1.82, 2.24) is 9.97 Å². The summed E-state index contributed by atoms with van der Waals surface area (Å²) in [6.07, 6.45) is -3.57. The Hall–Kier alpha value is -3.24. The molecule has 2 aliphatic heterocycles. The zero-order valence-corrected chi connectivity index (χ0v) is 17.4. The van der Waals surface area contributed by atoms with Gasteiger partial charge in [-0.15, -0.1) is 0 Å². The highest BCUT2D eigenvalue weighted by molar-refractivity contribution is 6.05. The summed E-state index contributed by atoms with van der Waals surface area (Å²) < 4.78 is 52.0. The predicted octanol–water partition coefficient (Wildman–Crippen LogP) is 4.33. The molecule has 11 heteroatoms. The van der Waals surface area contributed by atoms with Crippen LogP contribution in [0.3, 0.4) is 0 Å². The van der Waals surface area contributed by atoms with Crippen LogP contribution in [0.2, 0.25) is 0 Å². The molecule has 2 bridgehead atoms. The lowest BCUT2D eigenvalue weighted by atomic mass is 10.0. The van der Waals surface area contributed by atoms with Gasteiger partial charge in [0, 0.05) is 19.5 Å². The molecular formula is C21H21F4N5O2. The molecule has 4 heterocycles. The number of rotatable bonds is 4. The first kappa shape index (κ1) is 22.0. The molecule has 1 fully saturated rings. The fourth-order valence-electron chi connectivity index (χ4n) is 3.96. The number of amides is 2. The van der Waals surface area contributed by atoms with Gasteiger partial charge in [0.25, 0.3) is 0 Å². The molecule has 2 aromatic heterocycles. The molecular weight excluding hydrogens is 430 g/mol. The number of alkyl halides is 3. The van der Waals surface area contributed by atoms with Crippen molar-refractivity contribution >= 4 is 29.1 Å². The number of hydrogen-bond acceptors (Lipinski definition) is 5. The molecule has 0 aromatic carbocycles. The highest BCUT2D eigenvalue weighted by Gasteiger charge is 2.41. The Kier molecular flexibility index (Phi) is 5.51. The number of pyridine rings is 2. The molecule has 0 aliphatic carbocycles. The van der Waals surface area contributed by atoms with Gasteiger partial charge in [-0.05, 0) is 37.1 Å². The zero-order chi connectivity index (χ0) is 23.2. The van der Waals surface area contributed by atoms with Crippen LogP contribution < -0.4 is 15.1 Å². The maximum absolute atomic E-state index is 13.3. The Morgan fingerprint density at radius 1 is 1.31 bits per heavy atom. The summed E-state index contributed by atoms with van der Waals surface area (Å²) >= 11 is 0. The minimum absolute atomic E-state index is 0.128. The number of hydrogen-bond donors (Lipinski definition) is 1. The summed E-state index contributed by atoms with van der Waals surface area (Å²) in [5.41, 5.74) is 0.927. The maximum Gasteiger partial charge on any atom is 0.391 e. The second-order valence-electron chi connectivity index (χ2n) is 8.12. The monoisotopic (exact) mass is 451 g/mol. The molecule has 170 valence electrons. The Morgan fingerprint density at radius 2 is 2.06 bits per heavy atom. The van der Waals surface area contributed by atoms with Gasteiger partial charge in [-0.25, -0.2) is 19.2 Å². The van der Waals surface area contributed by atoms with Crippen LogP contribution >= 0.6 is 0 Å². The molecule has 4 rings (SSSR count). The molecule has 2 aromatic rings. The van der Waals surface area contributed by atoms with Gasteiger partial charge in [-0.1, -0.05) is 6.92 Å². The van der Waals surface area contributed by atoms with Crippen LogP contribution in [0.4, 0.5) is 39.7 Å². The second kappa shape index (κ2) is 8.03. The number of aromatic nitrogens is 2. The number of nitrogens with zero attached hydrogens (tertiary/aromatic N) is 4. The average molecular weight is 451 g/mol. The molecule has 0 saturated carbocycles. The van der Waals surface area contributed by atoms with E-state index in [1.54, 1.807) is 13.0 Å². The smallest absolute Gasteiger partial charge is 0.366 e. The molecule has 7 nitrogen and oxygen atoms in total. The molecule has 0 radical (unpaired) electrons. The number of carbonyl (C=O) groups excluding carboxylic acids is 2. The third kappa shape index (κ3) is 4.11. The van der Waals surface area contributed by atoms with Crippen LogP contribution in [0, 0.1) is 18.7 Å².